The van der Waals surface area contributed by atoms with Gasteiger partial charge in [-0.15, -0.1) is 22.7 Å². The molecule has 1 saturated heterocycles. The standard InChI is InChI=1S/C22H22N4O2S2/c1-14(23-15-4-6-16(7-5-15)26-8-10-28-11-9-26)20-24-21(27)19-17(13-30-22(19)25-20)18-3-2-12-29-18/h2-7,12-14,23H,8-11H2,1H3,(H,24,25,27)/t14-/m0/s1. The van der Waals surface area contributed by atoms with Gasteiger partial charge in [0.25, 0.3) is 5.56 Å². The summed E-state index contributed by atoms with van der Waals surface area (Å²) in [7, 11) is 0. The molecular formula is C22H22N4O2S2. The lowest BCUT2D eigenvalue weighted by molar-refractivity contribution is 0.122. The Kier molecular flexibility index (Phi) is 5.28. The van der Waals surface area contributed by atoms with Gasteiger partial charge in [0.15, 0.2) is 0 Å². The van der Waals surface area contributed by atoms with E-state index in [0.717, 1.165) is 47.3 Å². The second kappa shape index (κ2) is 8.22. The molecule has 4 aromatic rings. The molecule has 1 aliphatic heterocycles. The second-order valence-electron chi connectivity index (χ2n) is 7.27. The fourth-order valence-corrected chi connectivity index (χ4v) is 5.46. The molecule has 1 aliphatic rings. The minimum Gasteiger partial charge on any atom is -0.378 e. The minimum atomic E-state index is -0.122. The fourth-order valence-electron chi connectivity index (χ4n) is 3.69. The fraction of sp³-hybridized carbons (Fsp3) is 0.273. The highest BCUT2D eigenvalue weighted by Crippen LogP contribution is 2.34. The summed E-state index contributed by atoms with van der Waals surface area (Å²) in [6.07, 6.45) is 0. The molecule has 4 heterocycles. The number of hydrogen-bond acceptors (Lipinski definition) is 7. The van der Waals surface area contributed by atoms with Crippen LogP contribution in [0.5, 0.6) is 0 Å². The van der Waals surface area contributed by atoms with Crippen LogP contribution < -0.4 is 15.8 Å². The largest absolute Gasteiger partial charge is 0.378 e. The number of thiophene rings is 2. The molecule has 0 saturated carbocycles. The van der Waals surface area contributed by atoms with Crippen LogP contribution in [0.15, 0.2) is 52.0 Å². The smallest absolute Gasteiger partial charge is 0.260 e. The molecule has 6 nitrogen and oxygen atoms in total. The van der Waals surface area contributed by atoms with Crippen LogP contribution in [-0.4, -0.2) is 36.3 Å². The Morgan fingerprint density at radius 2 is 1.97 bits per heavy atom. The van der Waals surface area contributed by atoms with Gasteiger partial charge in [-0.1, -0.05) is 6.07 Å². The van der Waals surface area contributed by atoms with E-state index in [4.69, 9.17) is 9.72 Å². The Morgan fingerprint density at radius 1 is 1.17 bits per heavy atom. The average molecular weight is 439 g/mol. The van der Waals surface area contributed by atoms with Crippen molar-refractivity contribution in [2.75, 3.05) is 36.5 Å². The van der Waals surface area contributed by atoms with Crippen molar-refractivity contribution in [3.05, 3.63) is 63.3 Å². The predicted octanol–water partition coefficient (Wildman–Crippen LogP) is 4.72. The van der Waals surface area contributed by atoms with Crippen molar-refractivity contribution < 1.29 is 4.74 Å². The SMILES string of the molecule is C[C@H](Nc1ccc(N2CCOCC2)cc1)c1nc2scc(-c3cccs3)c2c(=O)[nH]1. The van der Waals surface area contributed by atoms with Gasteiger partial charge in [0, 0.05) is 40.3 Å². The zero-order valence-corrected chi connectivity index (χ0v) is 18.2. The lowest BCUT2D eigenvalue weighted by atomic mass is 10.2. The summed E-state index contributed by atoms with van der Waals surface area (Å²) < 4.78 is 5.42. The maximum absolute atomic E-state index is 12.8. The Hall–Kier alpha value is -2.68. The van der Waals surface area contributed by atoms with Crippen molar-refractivity contribution in [2.24, 2.45) is 0 Å². The summed E-state index contributed by atoms with van der Waals surface area (Å²) in [5.74, 6) is 0.643. The van der Waals surface area contributed by atoms with Crippen LogP contribution in [0.1, 0.15) is 18.8 Å². The van der Waals surface area contributed by atoms with Crippen molar-refractivity contribution >= 4 is 44.3 Å². The summed E-state index contributed by atoms with van der Waals surface area (Å²) in [6.45, 7) is 5.39. The third kappa shape index (κ3) is 3.74. The number of ether oxygens (including phenoxy) is 1. The average Bonchev–Trinajstić information content (AvgIpc) is 3.45. The Bertz CT molecular complexity index is 1190. The number of H-pyrrole nitrogens is 1. The number of fused-ring (bicyclic) bond motifs is 1. The van der Waals surface area contributed by atoms with Gasteiger partial charge in [0.2, 0.25) is 0 Å². The minimum absolute atomic E-state index is 0.0871. The molecule has 0 bridgehead atoms. The number of benzene rings is 1. The van der Waals surface area contributed by atoms with Crippen LogP contribution in [0.4, 0.5) is 11.4 Å². The Balaban J connectivity index is 1.36. The number of anilines is 2. The molecule has 8 heteroatoms. The number of nitrogens with one attached hydrogen (secondary N) is 2. The van der Waals surface area contributed by atoms with Gasteiger partial charge in [-0.25, -0.2) is 4.98 Å². The van der Waals surface area contributed by atoms with E-state index in [1.54, 1.807) is 11.3 Å². The maximum atomic E-state index is 12.8. The molecule has 0 aliphatic carbocycles. The van der Waals surface area contributed by atoms with E-state index in [0.29, 0.717) is 11.2 Å². The van der Waals surface area contributed by atoms with E-state index < -0.39 is 0 Å². The molecule has 0 unspecified atom stereocenters. The first-order valence-electron chi connectivity index (χ1n) is 9.93. The maximum Gasteiger partial charge on any atom is 0.260 e. The summed E-state index contributed by atoms with van der Waals surface area (Å²) in [5.41, 5.74) is 3.07. The molecule has 2 N–H and O–H groups in total. The van der Waals surface area contributed by atoms with Crippen LogP contribution in [0.2, 0.25) is 0 Å². The second-order valence-corrected chi connectivity index (χ2v) is 9.08. The number of aromatic amines is 1. The van der Waals surface area contributed by atoms with Crippen molar-refractivity contribution in [1.82, 2.24) is 9.97 Å². The molecule has 5 rings (SSSR count). The Morgan fingerprint density at radius 3 is 2.70 bits per heavy atom. The van der Waals surface area contributed by atoms with Gasteiger partial charge in [-0.3, -0.25) is 4.79 Å². The summed E-state index contributed by atoms with van der Waals surface area (Å²) in [5, 5.41) is 8.16. The number of aromatic nitrogens is 2. The van der Waals surface area contributed by atoms with Gasteiger partial charge in [0.1, 0.15) is 10.7 Å². The molecular weight excluding hydrogens is 416 g/mol. The molecule has 0 amide bonds. The number of nitrogens with zero attached hydrogens (tertiary/aromatic N) is 2. The van der Waals surface area contributed by atoms with E-state index in [2.05, 4.69) is 39.5 Å². The van der Waals surface area contributed by atoms with Crippen molar-refractivity contribution in [2.45, 2.75) is 13.0 Å². The number of hydrogen-bond donors (Lipinski definition) is 2. The molecule has 0 spiro atoms. The van der Waals surface area contributed by atoms with Crippen LogP contribution in [0.3, 0.4) is 0 Å². The molecule has 30 heavy (non-hydrogen) atoms. The van der Waals surface area contributed by atoms with Crippen LogP contribution in [-0.2, 0) is 4.74 Å². The molecule has 1 fully saturated rings. The first-order valence-corrected chi connectivity index (χ1v) is 11.7. The van der Waals surface area contributed by atoms with Crippen molar-refractivity contribution in [1.29, 1.82) is 0 Å². The van der Waals surface area contributed by atoms with Gasteiger partial charge in [0.05, 0.1) is 24.6 Å². The summed E-state index contributed by atoms with van der Waals surface area (Å²) in [6, 6.07) is 12.3. The monoisotopic (exact) mass is 438 g/mol. The van der Waals surface area contributed by atoms with E-state index in [-0.39, 0.29) is 11.6 Å². The number of morpholine rings is 1. The summed E-state index contributed by atoms with van der Waals surface area (Å²) in [4.78, 5) is 24.7. The highest BCUT2D eigenvalue weighted by molar-refractivity contribution is 7.18. The Labute approximate surface area is 182 Å². The summed E-state index contributed by atoms with van der Waals surface area (Å²) >= 11 is 3.15. The third-order valence-electron chi connectivity index (χ3n) is 5.29. The highest BCUT2D eigenvalue weighted by Gasteiger charge is 2.17. The first kappa shape index (κ1) is 19.3. The highest BCUT2D eigenvalue weighted by atomic mass is 32.1. The molecule has 1 atom stereocenters. The molecule has 0 radical (unpaired) electrons. The van der Waals surface area contributed by atoms with E-state index >= 15 is 0 Å². The molecule has 3 aromatic heterocycles. The van der Waals surface area contributed by atoms with E-state index in [9.17, 15) is 4.79 Å². The van der Waals surface area contributed by atoms with Crippen LogP contribution >= 0.6 is 22.7 Å². The quantitative estimate of drug-likeness (QED) is 0.472. The van der Waals surface area contributed by atoms with Gasteiger partial charge in [-0.05, 0) is 42.6 Å². The number of rotatable bonds is 5. The third-order valence-corrected chi connectivity index (χ3v) is 7.06. The zero-order chi connectivity index (χ0) is 20.5. The first-order chi connectivity index (χ1) is 14.7. The van der Waals surface area contributed by atoms with Crippen LogP contribution in [0.25, 0.3) is 20.7 Å². The van der Waals surface area contributed by atoms with E-state index in [1.807, 2.05) is 29.8 Å². The zero-order valence-electron chi connectivity index (χ0n) is 16.6. The molecule has 154 valence electrons. The van der Waals surface area contributed by atoms with Crippen molar-refractivity contribution in [3.63, 3.8) is 0 Å². The van der Waals surface area contributed by atoms with Gasteiger partial charge in [-0.2, -0.15) is 0 Å². The predicted molar refractivity (Wildman–Crippen MR) is 125 cm³/mol. The van der Waals surface area contributed by atoms with Crippen molar-refractivity contribution in [3.8, 4) is 10.4 Å². The normalized spacial score (nSPS) is 15.4. The topological polar surface area (TPSA) is 70.2 Å². The lowest BCUT2D eigenvalue weighted by Gasteiger charge is -2.29. The lowest BCUT2D eigenvalue weighted by Crippen LogP contribution is -2.36. The van der Waals surface area contributed by atoms with Gasteiger partial charge >= 0.3 is 0 Å². The van der Waals surface area contributed by atoms with E-state index in [1.165, 1.54) is 17.0 Å². The molecule has 1 aromatic carbocycles. The van der Waals surface area contributed by atoms with Gasteiger partial charge < -0.3 is 19.9 Å². The van der Waals surface area contributed by atoms with Crippen LogP contribution in [0, 0.1) is 0 Å².